The Morgan fingerprint density at radius 1 is 1.07 bits per heavy atom. The SMILES string of the molecule is C=C(C)[C@H]1CC2=C(C(=O)N1)[C@@H](c1c(OC)ccc(-c3ccc(C)c(C(C)=O)n3)c1C)C1=C(CC(C)(C)CC1=O)O2. The fourth-order valence-electron chi connectivity index (χ4n) is 6.22. The number of carbonyl (C=O) groups is 3. The van der Waals surface area contributed by atoms with Crippen LogP contribution in [0.5, 0.6) is 5.75 Å². The number of ether oxygens (including phenoxy) is 2. The van der Waals surface area contributed by atoms with E-state index in [1.165, 1.54) is 6.92 Å². The highest BCUT2D eigenvalue weighted by Gasteiger charge is 2.48. The summed E-state index contributed by atoms with van der Waals surface area (Å²) >= 11 is 0. The van der Waals surface area contributed by atoms with Crippen LogP contribution >= 0.6 is 0 Å². The predicted molar refractivity (Wildman–Crippen MR) is 153 cm³/mol. The predicted octanol–water partition coefficient (Wildman–Crippen LogP) is 6.05. The lowest BCUT2D eigenvalue weighted by atomic mass is 9.68. The molecule has 7 heteroatoms. The zero-order valence-corrected chi connectivity index (χ0v) is 24.3. The molecule has 2 atom stereocenters. The van der Waals surface area contributed by atoms with Crippen LogP contribution in [0.3, 0.4) is 0 Å². The van der Waals surface area contributed by atoms with Gasteiger partial charge in [-0.3, -0.25) is 14.4 Å². The van der Waals surface area contributed by atoms with Crippen molar-refractivity contribution in [3.63, 3.8) is 0 Å². The minimum atomic E-state index is -0.666. The third kappa shape index (κ3) is 4.57. The highest BCUT2D eigenvalue weighted by Crippen LogP contribution is 2.53. The first-order chi connectivity index (χ1) is 18.8. The molecular weight excluding hydrogens is 504 g/mol. The van der Waals surface area contributed by atoms with Crippen LogP contribution in [0.2, 0.25) is 0 Å². The second-order valence-corrected chi connectivity index (χ2v) is 12.0. The van der Waals surface area contributed by atoms with E-state index in [0.29, 0.717) is 59.1 Å². The minimum Gasteiger partial charge on any atom is -0.496 e. The second kappa shape index (κ2) is 9.88. The maximum Gasteiger partial charge on any atom is 0.252 e. The molecule has 0 bridgehead atoms. The lowest BCUT2D eigenvalue weighted by Gasteiger charge is -2.42. The number of amides is 1. The number of aromatic nitrogens is 1. The molecule has 1 aliphatic carbocycles. The number of pyridine rings is 1. The summed E-state index contributed by atoms with van der Waals surface area (Å²) in [6.45, 7) is 15.4. The van der Waals surface area contributed by atoms with Crippen molar-refractivity contribution in [2.24, 2.45) is 5.41 Å². The van der Waals surface area contributed by atoms with Crippen molar-refractivity contribution in [1.29, 1.82) is 0 Å². The molecule has 1 aromatic heterocycles. The smallest absolute Gasteiger partial charge is 0.252 e. The molecule has 208 valence electrons. The summed E-state index contributed by atoms with van der Waals surface area (Å²) in [7, 11) is 1.59. The number of Topliss-reactive ketones (excluding diaryl/α,β-unsaturated/α-hetero) is 2. The number of nitrogens with one attached hydrogen (secondary N) is 1. The molecule has 1 aromatic carbocycles. The number of aryl methyl sites for hydroxylation is 1. The van der Waals surface area contributed by atoms with Crippen LogP contribution in [0.1, 0.15) is 80.1 Å². The van der Waals surface area contributed by atoms with Gasteiger partial charge in [0.05, 0.1) is 30.3 Å². The fourth-order valence-corrected chi connectivity index (χ4v) is 6.22. The van der Waals surface area contributed by atoms with Crippen molar-refractivity contribution in [2.45, 2.75) is 72.8 Å². The number of hydrogen-bond acceptors (Lipinski definition) is 6. The molecular formula is C33H36N2O5. The first-order valence-electron chi connectivity index (χ1n) is 13.6. The van der Waals surface area contributed by atoms with Crippen molar-refractivity contribution >= 4 is 17.5 Å². The third-order valence-electron chi connectivity index (χ3n) is 8.23. The van der Waals surface area contributed by atoms with Crippen LogP contribution in [0.25, 0.3) is 11.3 Å². The van der Waals surface area contributed by atoms with Gasteiger partial charge < -0.3 is 14.8 Å². The summed E-state index contributed by atoms with van der Waals surface area (Å²) in [5.41, 5.74) is 5.73. The number of nitrogens with zero attached hydrogens (tertiary/aromatic N) is 1. The largest absolute Gasteiger partial charge is 0.496 e. The molecule has 5 rings (SSSR count). The zero-order chi connectivity index (χ0) is 29.1. The number of allylic oxidation sites excluding steroid dienone is 2. The van der Waals surface area contributed by atoms with Gasteiger partial charge in [0.1, 0.15) is 23.0 Å². The third-order valence-corrected chi connectivity index (χ3v) is 8.23. The van der Waals surface area contributed by atoms with E-state index < -0.39 is 5.92 Å². The maximum atomic E-state index is 13.8. The van der Waals surface area contributed by atoms with E-state index in [0.717, 1.165) is 27.8 Å². The second-order valence-electron chi connectivity index (χ2n) is 12.0. The van der Waals surface area contributed by atoms with Crippen molar-refractivity contribution in [3.8, 4) is 17.0 Å². The molecule has 2 aromatic rings. The Morgan fingerprint density at radius 3 is 2.45 bits per heavy atom. The molecule has 7 nitrogen and oxygen atoms in total. The van der Waals surface area contributed by atoms with E-state index in [1.807, 2.05) is 45.0 Å². The van der Waals surface area contributed by atoms with Gasteiger partial charge in [-0.2, -0.15) is 0 Å². The number of benzene rings is 1. The Labute approximate surface area is 235 Å². The molecule has 0 spiro atoms. The first-order valence-corrected chi connectivity index (χ1v) is 13.6. The van der Waals surface area contributed by atoms with Gasteiger partial charge in [0.2, 0.25) is 0 Å². The van der Waals surface area contributed by atoms with Crippen molar-refractivity contribution < 1.29 is 23.9 Å². The van der Waals surface area contributed by atoms with Crippen molar-refractivity contribution in [1.82, 2.24) is 10.3 Å². The highest BCUT2D eigenvalue weighted by molar-refractivity contribution is 6.06. The molecule has 40 heavy (non-hydrogen) atoms. The first kappa shape index (κ1) is 27.6. The van der Waals surface area contributed by atoms with E-state index in [-0.39, 0.29) is 28.9 Å². The summed E-state index contributed by atoms with van der Waals surface area (Å²) in [5, 5.41) is 3.07. The van der Waals surface area contributed by atoms with Gasteiger partial charge in [-0.1, -0.05) is 32.1 Å². The minimum absolute atomic E-state index is 0.0307. The molecule has 0 saturated carbocycles. The summed E-state index contributed by atoms with van der Waals surface area (Å²) < 4.78 is 12.3. The average Bonchev–Trinajstić information content (AvgIpc) is 2.86. The molecule has 2 aliphatic heterocycles. The molecule has 0 fully saturated rings. The van der Waals surface area contributed by atoms with Crippen LogP contribution in [0.4, 0.5) is 0 Å². The molecule has 0 unspecified atom stereocenters. The van der Waals surface area contributed by atoms with E-state index >= 15 is 0 Å². The van der Waals surface area contributed by atoms with Gasteiger partial charge >= 0.3 is 0 Å². The number of methoxy groups -OCH3 is 1. The Kier molecular flexibility index (Phi) is 6.81. The van der Waals surface area contributed by atoms with Gasteiger partial charge in [-0.15, -0.1) is 0 Å². The standard InChI is InChI=1S/C33H36N2O5/c1-16(2)22-13-25-29(32(38)35-22)30(28-23(37)14-33(6,7)15-26(28)40-25)27-18(4)20(10-12-24(27)39-8)21-11-9-17(3)31(34-21)19(5)36/h9-12,22,30H,1,13-15H2,2-8H3,(H,35,38)/t22-,30+/m1/s1. The Hall–Kier alpha value is -4.00. The van der Waals surface area contributed by atoms with Crippen LogP contribution in [-0.4, -0.2) is 35.6 Å². The van der Waals surface area contributed by atoms with E-state index in [2.05, 4.69) is 25.7 Å². The van der Waals surface area contributed by atoms with E-state index in [9.17, 15) is 14.4 Å². The van der Waals surface area contributed by atoms with Gasteiger partial charge in [-0.25, -0.2) is 4.98 Å². The number of rotatable bonds is 5. The zero-order valence-electron chi connectivity index (χ0n) is 24.3. The topological polar surface area (TPSA) is 94.6 Å². The van der Waals surface area contributed by atoms with Crippen LogP contribution in [-0.2, 0) is 14.3 Å². The monoisotopic (exact) mass is 540 g/mol. The van der Waals surface area contributed by atoms with Crippen LogP contribution in [0, 0.1) is 19.3 Å². The highest BCUT2D eigenvalue weighted by atomic mass is 16.5. The number of ketones is 2. The molecule has 3 aliphatic rings. The summed E-state index contributed by atoms with van der Waals surface area (Å²) in [6.07, 6.45) is 1.40. The molecule has 0 radical (unpaired) electrons. The summed E-state index contributed by atoms with van der Waals surface area (Å²) in [4.78, 5) is 44.5. The number of hydrogen-bond donors (Lipinski definition) is 1. The van der Waals surface area contributed by atoms with Crippen molar-refractivity contribution in [2.75, 3.05) is 7.11 Å². The lowest BCUT2D eigenvalue weighted by molar-refractivity contribution is -0.120. The van der Waals surface area contributed by atoms with E-state index in [4.69, 9.17) is 14.5 Å². The Balaban J connectivity index is 1.78. The lowest BCUT2D eigenvalue weighted by Crippen LogP contribution is -2.45. The van der Waals surface area contributed by atoms with Crippen LogP contribution < -0.4 is 10.1 Å². The number of carbonyl (C=O) groups excluding carboxylic acids is 3. The summed E-state index contributed by atoms with van der Waals surface area (Å²) in [5.74, 6) is 0.685. The molecule has 1 amide bonds. The van der Waals surface area contributed by atoms with E-state index in [1.54, 1.807) is 7.11 Å². The van der Waals surface area contributed by atoms with Gasteiger partial charge in [0.25, 0.3) is 5.91 Å². The quantitative estimate of drug-likeness (QED) is 0.366. The Morgan fingerprint density at radius 2 is 1.80 bits per heavy atom. The normalized spacial score (nSPS) is 21.8. The fraction of sp³-hybridized carbons (Fsp3) is 0.394. The van der Waals surface area contributed by atoms with Gasteiger partial charge in [-0.05, 0) is 55.5 Å². The molecule has 0 saturated heterocycles. The van der Waals surface area contributed by atoms with Crippen LogP contribution in [0.15, 0.2) is 59.1 Å². The Bertz CT molecular complexity index is 1560. The van der Waals surface area contributed by atoms with Crippen molar-refractivity contribution in [3.05, 3.63) is 81.5 Å². The average molecular weight is 541 g/mol. The molecule has 1 N–H and O–H groups in total. The summed E-state index contributed by atoms with van der Waals surface area (Å²) in [6, 6.07) is 7.28. The van der Waals surface area contributed by atoms with Gasteiger partial charge in [0.15, 0.2) is 11.6 Å². The van der Waals surface area contributed by atoms with Gasteiger partial charge in [0, 0.05) is 42.9 Å². The maximum absolute atomic E-state index is 13.8. The molecule has 3 heterocycles.